The largest absolute Gasteiger partial charge is 0.496 e. The molecule has 0 bridgehead atoms. The highest BCUT2D eigenvalue weighted by Gasteiger charge is 2.42. The van der Waals surface area contributed by atoms with Crippen LogP contribution in [0.15, 0.2) is 84.9 Å². The molecule has 4 aliphatic rings. The maximum absolute atomic E-state index is 6.43. The van der Waals surface area contributed by atoms with Crippen LogP contribution in [0.1, 0.15) is 51.4 Å². The lowest BCUT2D eigenvalue weighted by Crippen LogP contribution is -2.19. The molecule has 2 aliphatic carbocycles. The fourth-order valence-corrected chi connectivity index (χ4v) is 16.9. The molecule has 0 aromatic heterocycles. The lowest BCUT2D eigenvalue weighted by atomic mass is 9.82. The van der Waals surface area contributed by atoms with Gasteiger partial charge in [-0.2, -0.15) is 0 Å². The summed E-state index contributed by atoms with van der Waals surface area (Å²) in [6.45, 7) is 0. The first-order valence-electron chi connectivity index (χ1n) is 17.8. The van der Waals surface area contributed by atoms with E-state index in [-0.39, 0.29) is 15.8 Å². The molecule has 4 unspecified atom stereocenters. The van der Waals surface area contributed by atoms with Gasteiger partial charge in [-0.15, -0.1) is 0 Å². The van der Waals surface area contributed by atoms with Gasteiger partial charge in [0, 0.05) is 11.1 Å². The molecule has 46 heavy (non-hydrogen) atoms. The Hall–Kier alpha value is -2.66. The lowest BCUT2D eigenvalue weighted by Gasteiger charge is -2.29. The van der Waals surface area contributed by atoms with Gasteiger partial charge in [0.25, 0.3) is 0 Å². The van der Waals surface area contributed by atoms with E-state index in [0.717, 1.165) is 35.2 Å². The van der Waals surface area contributed by atoms with E-state index in [1.807, 2.05) is 14.2 Å². The molecule has 238 valence electrons. The van der Waals surface area contributed by atoms with Crippen molar-refractivity contribution in [1.29, 1.82) is 0 Å². The molecule has 4 aromatic carbocycles. The van der Waals surface area contributed by atoms with Crippen molar-refractivity contribution in [2.24, 2.45) is 23.7 Å². The maximum atomic E-state index is 6.43. The molecular formula is C42H48O2P2. The van der Waals surface area contributed by atoms with E-state index in [1.54, 1.807) is 10.6 Å². The van der Waals surface area contributed by atoms with Gasteiger partial charge in [0.1, 0.15) is 11.5 Å². The smallest absolute Gasteiger partial charge is 0.127 e. The predicted octanol–water partition coefficient (Wildman–Crippen LogP) is 10.6. The first kappa shape index (κ1) is 30.7. The van der Waals surface area contributed by atoms with Crippen LogP contribution in [-0.2, 0) is 0 Å². The number of ether oxygens (including phenoxy) is 2. The Labute approximate surface area is 278 Å². The molecule has 0 amide bonds. The Morgan fingerprint density at radius 1 is 0.457 bits per heavy atom. The second-order valence-corrected chi connectivity index (χ2v) is 18.7. The first-order valence-corrected chi connectivity index (χ1v) is 21.2. The summed E-state index contributed by atoms with van der Waals surface area (Å²) in [5, 5.41) is 3.15. The molecule has 2 saturated carbocycles. The highest BCUT2D eigenvalue weighted by molar-refractivity contribution is 7.67. The van der Waals surface area contributed by atoms with Gasteiger partial charge in [-0.05, 0) is 119 Å². The third kappa shape index (κ3) is 5.63. The Kier molecular flexibility index (Phi) is 8.97. The van der Waals surface area contributed by atoms with Gasteiger partial charge in [0.05, 0.1) is 14.2 Å². The minimum atomic E-state index is -0.349. The third-order valence-electron chi connectivity index (χ3n) is 11.7. The van der Waals surface area contributed by atoms with Crippen LogP contribution in [0.25, 0.3) is 33.4 Å². The zero-order valence-corrected chi connectivity index (χ0v) is 29.4. The van der Waals surface area contributed by atoms with Crippen molar-refractivity contribution < 1.29 is 9.47 Å². The van der Waals surface area contributed by atoms with E-state index in [4.69, 9.17) is 9.47 Å². The molecule has 4 fully saturated rings. The van der Waals surface area contributed by atoms with Crippen molar-refractivity contribution in [3.63, 3.8) is 0 Å². The van der Waals surface area contributed by atoms with Crippen molar-refractivity contribution in [1.82, 2.24) is 0 Å². The maximum Gasteiger partial charge on any atom is 0.127 e. The van der Waals surface area contributed by atoms with Gasteiger partial charge in [-0.25, -0.2) is 0 Å². The summed E-state index contributed by atoms with van der Waals surface area (Å²) in [5.74, 6) is 5.54. The summed E-state index contributed by atoms with van der Waals surface area (Å²) >= 11 is 0. The van der Waals surface area contributed by atoms with Gasteiger partial charge in [0.2, 0.25) is 0 Å². The Morgan fingerprint density at radius 3 is 1.13 bits per heavy atom. The summed E-state index contributed by atoms with van der Waals surface area (Å²) in [6, 6.07) is 31.7. The fraction of sp³-hybridized carbons (Fsp3) is 0.429. The second-order valence-electron chi connectivity index (χ2n) is 14.2. The monoisotopic (exact) mass is 646 g/mol. The SMILES string of the molecule is COc1ccc(-c2ccccc2)c(P2CC3CCCCC3C2)c1-c1c(OC)ccc(-c2ccccc2)c1P1CC2CCCCC2C1. The van der Waals surface area contributed by atoms with E-state index in [2.05, 4.69) is 84.9 Å². The molecule has 2 heterocycles. The molecule has 8 rings (SSSR count). The number of benzene rings is 4. The van der Waals surface area contributed by atoms with Crippen molar-refractivity contribution in [3.05, 3.63) is 84.9 Å². The zero-order chi connectivity index (χ0) is 31.0. The van der Waals surface area contributed by atoms with Crippen LogP contribution in [-0.4, -0.2) is 38.9 Å². The van der Waals surface area contributed by atoms with Crippen LogP contribution < -0.4 is 20.1 Å². The molecule has 0 N–H and O–H groups in total. The average molecular weight is 647 g/mol. The predicted molar refractivity (Wildman–Crippen MR) is 199 cm³/mol. The Morgan fingerprint density at radius 2 is 0.804 bits per heavy atom. The normalized spacial score (nSPS) is 27.2. The van der Waals surface area contributed by atoms with E-state index in [1.165, 1.54) is 109 Å². The highest BCUT2D eigenvalue weighted by atomic mass is 31.1. The molecule has 2 nitrogen and oxygen atoms in total. The van der Waals surface area contributed by atoms with Crippen molar-refractivity contribution in [2.45, 2.75) is 51.4 Å². The number of hydrogen-bond acceptors (Lipinski definition) is 2. The zero-order valence-electron chi connectivity index (χ0n) is 27.6. The quantitative estimate of drug-likeness (QED) is 0.186. The van der Waals surface area contributed by atoms with E-state index >= 15 is 0 Å². The third-order valence-corrected chi connectivity index (χ3v) is 17.6. The van der Waals surface area contributed by atoms with Crippen LogP contribution in [0.3, 0.4) is 0 Å². The van der Waals surface area contributed by atoms with Crippen LogP contribution in [0.4, 0.5) is 0 Å². The number of methoxy groups -OCH3 is 2. The first-order chi connectivity index (χ1) is 22.7. The van der Waals surface area contributed by atoms with Crippen LogP contribution >= 0.6 is 15.8 Å². The minimum absolute atomic E-state index is 0.349. The lowest BCUT2D eigenvalue weighted by molar-refractivity contribution is 0.299. The molecule has 2 saturated heterocycles. The van der Waals surface area contributed by atoms with E-state index in [9.17, 15) is 0 Å². The van der Waals surface area contributed by atoms with Crippen LogP contribution in [0.5, 0.6) is 11.5 Å². The number of rotatable bonds is 7. The average Bonchev–Trinajstić information content (AvgIpc) is 3.76. The summed E-state index contributed by atoms with van der Waals surface area (Å²) in [4.78, 5) is 0. The number of fused-ring (bicyclic) bond motifs is 2. The van der Waals surface area contributed by atoms with Crippen LogP contribution in [0, 0.1) is 23.7 Å². The Bertz CT molecular complexity index is 1520. The summed E-state index contributed by atoms with van der Waals surface area (Å²) in [6.07, 6.45) is 16.7. The van der Waals surface area contributed by atoms with Gasteiger partial charge in [-0.1, -0.05) is 114 Å². The minimum Gasteiger partial charge on any atom is -0.496 e. The molecule has 0 radical (unpaired) electrons. The van der Waals surface area contributed by atoms with E-state index in [0.29, 0.717) is 0 Å². The van der Waals surface area contributed by atoms with E-state index < -0.39 is 0 Å². The second kappa shape index (κ2) is 13.5. The van der Waals surface area contributed by atoms with Gasteiger partial charge in [0.15, 0.2) is 0 Å². The summed E-state index contributed by atoms with van der Waals surface area (Å²) in [7, 11) is 3.07. The van der Waals surface area contributed by atoms with Gasteiger partial charge >= 0.3 is 0 Å². The molecule has 4 aromatic rings. The van der Waals surface area contributed by atoms with Gasteiger partial charge in [-0.3, -0.25) is 0 Å². The Balaban J connectivity index is 1.41. The molecule has 2 aliphatic heterocycles. The molecule has 4 atom stereocenters. The summed E-state index contributed by atoms with van der Waals surface area (Å²) in [5.41, 5.74) is 8.16. The topological polar surface area (TPSA) is 18.5 Å². The fourth-order valence-electron chi connectivity index (χ4n) is 9.50. The van der Waals surface area contributed by atoms with Crippen molar-refractivity contribution >= 4 is 26.5 Å². The highest BCUT2D eigenvalue weighted by Crippen LogP contribution is 2.60. The molecular weight excluding hydrogens is 598 g/mol. The number of hydrogen-bond donors (Lipinski definition) is 0. The summed E-state index contributed by atoms with van der Waals surface area (Å²) < 4.78 is 12.9. The molecule has 0 spiro atoms. The van der Waals surface area contributed by atoms with Gasteiger partial charge < -0.3 is 9.47 Å². The van der Waals surface area contributed by atoms with Crippen LogP contribution in [0.2, 0.25) is 0 Å². The van der Waals surface area contributed by atoms with Crippen molar-refractivity contribution in [2.75, 3.05) is 38.9 Å². The van der Waals surface area contributed by atoms with Crippen molar-refractivity contribution in [3.8, 4) is 44.9 Å². The standard InChI is InChI=1S/C42H48O2P2/c1-43-37-23-21-35(29-13-5-3-6-14-29)41(45-25-31-17-9-10-18-32(31)26-45)39(37)40-38(44-2)24-22-36(30-15-7-4-8-16-30)42(40)46-27-33-19-11-12-20-34(33)28-46/h3-8,13-16,21-24,31-34H,9-12,17-20,25-28H2,1-2H3. The molecule has 4 heteroatoms.